The minimum Gasteiger partial charge on any atom is -0.372 e. The molecule has 2 N–H and O–H groups in total. The molecule has 0 unspecified atom stereocenters. The number of hydrogen-bond acceptors (Lipinski definition) is 6. The molecule has 10 heteroatoms. The van der Waals surface area contributed by atoms with E-state index < -0.39 is 10.0 Å². The number of aromatic nitrogens is 1. The van der Waals surface area contributed by atoms with Crippen LogP contribution in [0.1, 0.15) is 14.5 Å². The predicted octanol–water partition coefficient (Wildman–Crippen LogP) is 4.08. The summed E-state index contributed by atoms with van der Waals surface area (Å²) in [6.07, 6.45) is 3.62. The van der Waals surface area contributed by atoms with Crippen LogP contribution >= 0.6 is 22.9 Å². The fraction of sp³-hybridized carbons (Fsp3) is 0.200. The van der Waals surface area contributed by atoms with Gasteiger partial charge in [0.2, 0.25) is 10.0 Å². The molecular weight excluding hydrogens is 444 g/mol. The van der Waals surface area contributed by atoms with E-state index in [-0.39, 0.29) is 11.6 Å². The van der Waals surface area contributed by atoms with E-state index in [4.69, 9.17) is 11.6 Å². The third-order valence-electron chi connectivity index (χ3n) is 4.62. The second-order valence-electron chi connectivity index (χ2n) is 7.05. The number of sulfonamides is 1. The van der Waals surface area contributed by atoms with Crippen LogP contribution in [0.3, 0.4) is 0 Å². The first-order valence-electron chi connectivity index (χ1n) is 9.08. The van der Waals surface area contributed by atoms with Crippen LogP contribution in [0.5, 0.6) is 0 Å². The number of likely N-dealkylation sites (N-methyl/N-ethyl adjacent to an activating group) is 1. The van der Waals surface area contributed by atoms with Crippen LogP contribution in [0.4, 0.5) is 17.1 Å². The summed E-state index contributed by atoms with van der Waals surface area (Å²) < 4.78 is 25.3. The molecule has 0 bridgehead atoms. The third-order valence-corrected chi connectivity index (χ3v) is 6.64. The molecule has 156 valence electrons. The van der Waals surface area contributed by atoms with E-state index in [1.807, 2.05) is 25.2 Å². The molecule has 1 aliphatic heterocycles. The van der Waals surface area contributed by atoms with Gasteiger partial charge in [-0.05, 0) is 42.8 Å². The van der Waals surface area contributed by atoms with E-state index in [0.717, 1.165) is 41.0 Å². The molecule has 0 radical (unpaired) electrons. The molecule has 0 fully saturated rings. The number of pyridine rings is 1. The smallest absolute Gasteiger partial charge is 0.265 e. The molecule has 1 aromatic carbocycles. The molecule has 0 saturated heterocycles. The van der Waals surface area contributed by atoms with Gasteiger partial charge in [0.05, 0.1) is 28.2 Å². The fourth-order valence-corrected chi connectivity index (χ4v) is 5.18. The lowest BCUT2D eigenvalue weighted by molar-refractivity contribution is 0.103. The normalized spacial score (nSPS) is 13.2. The minimum atomic E-state index is -3.46. The quantitative estimate of drug-likeness (QED) is 0.609. The summed E-state index contributed by atoms with van der Waals surface area (Å²) >= 11 is 7.52. The number of fused-ring (bicyclic) bond motifs is 3. The van der Waals surface area contributed by atoms with Crippen molar-refractivity contribution in [3.63, 3.8) is 0 Å². The van der Waals surface area contributed by atoms with Gasteiger partial charge >= 0.3 is 0 Å². The molecule has 0 atom stereocenters. The molecule has 3 aromatic rings. The molecule has 0 aliphatic carbocycles. The second kappa shape index (κ2) is 7.90. The molecule has 1 amide bonds. The first-order valence-corrected chi connectivity index (χ1v) is 12.2. The molecule has 30 heavy (non-hydrogen) atoms. The molecule has 1 aliphatic rings. The zero-order valence-corrected chi connectivity index (χ0v) is 18.7. The van der Waals surface area contributed by atoms with Crippen molar-refractivity contribution < 1.29 is 13.2 Å². The lowest BCUT2D eigenvalue weighted by Crippen LogP contribution is -2.19. The van der Waals surface area contributed by atoms with Crippen molar-refractivity contribution in [3.05, 3.63) is 57.4 Å². The van der Waals surface area contributed by atoms with E-state index in [9.17, 15) is 13.2 Å². The fourth-order valence-electron chi connectivity index (χ4n) is 3.36. The van der Waals surface area contributed by atoms with Gasteiger partial charge in [0.15, 0.2) is 0 Å². The SMILES string of the molecule is CN1CCc2sc(C(=O)Nc3cc(Cl)cc(NS(C)(=O)=O)c3)cc2-c2ncccc21. The Bertz CT molecular complexity index is 1240. The van der Waals surface area contributed by atoms with E-state index in [1.165, 1.54) is 23.5 Å². The molecule has 2 aromatic heterocycles. The third kappa shape index (κ3) is 4.43. The van der Waals surface area contributed by atoms with Gasteiger partial charge in [0.1, 0.15) is 0 Å². The van der Waals surface area contributed by atoms with Crippen LogP contribution in [0, 0.1) is 0 Å². The monoisotopic (exact) mass is 462 g/mol. The van der Waals surface area contributed by atoms with Gasteiger partial charge < -0.3 is 10.2 Å². The Morgan fingerprint density at radius 3 is 2.77 bits per heavy atom. The van der Waals surface area contributed by atoms with Gasteiger partial charge in [0, 0.05) is 40.9 Å². The zero-order valence-electron chi connectivity index (χ0n) is 16.3. The van der Waals surface area contributed by atoms with Crippen LogP contribution < -0.4 is 14.9 Å². The Morgan fingerprint density at radius 1 is 1.23 bits per heavy atom. The maximum atomic E-state index is 12.9. The van der Waals surface area contributed by atoms with E-state index in [1.54, 1.807) is 12.3 Å². The number of hydrogen-bond donors (Lipinski definition) is 2. The van der Waals surface area contributed by atoms with Crippen molar-refractivity contribution in [3.8, 4) is 11.3 Å². The molecule has 0 spiro atoms. The zero-order chi connectivity index (χ0) is 21.5. The number of nitrogens with zero attached hydrogens (tertiary/aromatic N) is 2. The molecule has 7 nitrogen and oxygen atoms in total. The van der Waals surface area contributed by atoms with Crippen LogP contribution in [-0.2, 0) is 16.4 Å². The molecule has 0 saturated carbocycles. The Hall–Kier alpha value is -2.62. The number of benzene rings is 1. The van der Waals surface area contributed by atoms with Crippen molar-refractivity contribution in [2.24, 2.45) is 0 Å². The standard InChI is InChI=1S/C20H19ClN4O3S2/c1-25-7-5-17-15(19-16(25)4-3-6-22-19)11-18(29-17)20(26)23-13-8-12(21)9-14(10-13)24-30(2,27)28/h3-4,6,8-11,24H,5,7H2,1-2H3,(H,23,26). The summed E-state index contributed by atoms with van der Waals surface area (Å²) in [5.41, 5.74) is 3.55. The average molecular weight is 463 g/mol. The molecule has 4 rings (SSSR count). The van der Waals surface area contributed by atoms with E-state index in [2.05, 4.69) is 19.9 Å². The number of carbonyl (C=O) groups excluding carboxylic acids is 1. The van der Waals surface area contributed by atoms with Gasteiger partial charge in [0.25, 0.3) is 5.91 Å². The lowest BCUT2D eigenvalue weighted by atomic mass is 10.1. The first-order chi connectivity index (χ1) is 14.2. The van der Waals surface area contributed by atoms with Crippen molar-refractivity contribution in [1.82, 2.24) is 4.98 Å². The summed E-state index contributed by atoms with van der Waals surface area (Å²) in [7, 11) is -1.43. The second-order valence-corrected chi connectivity index (χ2v) is 10.4. The highest BCUT2D eigenvalue weighted by Crippen LogP contribution is 2.38. The van der Waals surface area contributed by atoms with Crippen LogP contribution in [0.2, 0.25) is 5.02 Å². The lowest BCUT2D eigenvalue weighted by Gasteiger charge is -2.18. The molecular formula is C20H19ClN4O3S2. The van der Waals surface area contributed by atoms with Crippen molar-refractivity contribution in [2.45, 2.75) is 6.42 Å². The highest BCUT2D eigenvalue weighted by molar-refractivity contribution is 7.92. The van der Waals surface area contributed by atoms with Crippen molar-refractivity contribution in [2.75, 3.05) is 34.8 Å². The summed E-state index contributed by atoms with van der Waals surface area (Å²) in [6.45, 7) is 0.835. The number of anilines is 3. The van der Waals surface area contributed by atoms with Gasteiger partial charge in [-0.25, -0.2) is 8.42 Å². The van der Waals surface area contributed by atoms with E-state index in [0.29, 0.717) is 15.6 Å². The van der Waals surface area contributed by atoms with Crippen molar-refractivity contribution >= 4 is 55.9 Å². The highest BCUT2D eigenvalue weighted by atomic mass is 35.5. The van der Waals surface area contributed by atoms with Gasteiger partial charge in [-0.1, -0.05) is 11.6 Å². The summed E-state index contributed by atoms with van der Waals surface area (Å²) in [5.74, 6) is -0.286. The van der Waals surface area contributed by atoms with Gasteiger partial charge in [-0.15, -0.1) is 11.3 Å². The average Bonchev–Trinajstić information content (AvgIpc) is 3.03. The Labute approximate surface area is 183 Å². The van der Waals surface area contributed by atoms with Crippen LogP contribution in [0.25, 0.3) is 11.3 Å². The Kier molecular flexibility index (Phi) is 5.44. The van der Waals surface area contributed by atoms with E-state index >= 15 is 0 Å². The number of amides is 1. The highest BCUT2D eigenvalue weighted by Gasteiger charge is 2.23. The summed E-state index contributed by atoms with van der Waals surface area (Å²) in [4.78, 5) is 21.2. The number of carbonyl (C=O) groups is 1. The maximum Gasteiger partial charge on any atom is 0.265 e. The first kappa shape index (κ1) is 20.6. The molecule has 3 heterocycles. The van der Waals surface area contributed by atoms with Crippen LogP contribution in [-0.4, -0.2) is 39.2 Å². The van der Waals surface area contributed by atoms with Gasteiger partial charge in [-0.2, -0.15) is 0 Å². The maximum absolute atomic E-state index is 12.9. The Morgan fingerprint density at radius 2 is 2.00 bits per heavy atom. The predicted molar refractivity (Wildman–Crippen MR) is 122 cm³/mol. The minimum absolute atomic E-state index is 0.281. The number of halogens is 1. The van der Waals surface area contributed by atoms with Gasteiger partial charge in [-0.3, -0.25) is 14.5 Å². The largest absolute Gasteiger partial charge is 0.372 e. The number of thiophene rings is 1. The number of nitrogens with one attached hydrogen (secondary N) is 2. The Balaban J connectivity index is 1.63. The number of rotatable bonds is 4. The van der Waals surface area contributed by atoms with Crippen LogP contribution in [0.15, 0.2) is 42.6 Å². The summed E-state index contributed by atoms with van der Waals surface area (Å²) in [5, 5.41) is 3.11. The summed E-state index contributed by atoms with van der Waals surface area (Å²) in [6, 6.07) is 10.4. The van der Waals surface area contributed by atoms with Crippen molar-refractivity contribution in [1.29, 1.82) is 0 Å². The topological polar surface area (TPSA) is 91.4 Å².